The monoisotopic (exact) mass is 612 g/mol. The highest BCUT2D eigenvalue weighted by Crippen LogP contribution is 2.31. The molecular formula is C32H40N2O10. The average molecular weight is 613 g/mol. The maximum atomic E-state index is 13.4. The van der Waals surface area contributed by atoms with E-state index in [1.54, 1.807) is 20.8 Å². The normalized spacial score (nSPS) is 21.1. The molecule has 0 aliphatic carbocycles. The lowest BCUT2D eigenvalue weighted by atomic mass is 9.91. The predicted octanol–water partition coefficient (Wildman–Crippen LogP) is 3.45. The molecule has 1 aromatic carbocycles. The molecule has 12 heteroatoms. The van der Waals surface area contributed by atoms with E-state index >= 15 is 0 Å². The molecule has 0 spiro atoms. The summed E-state index contributed by atoms with van der Waals surface area (Å²) in [7, 11) is 1.34. The fourth-order valence-corrected chi connectivity index (χ4v) is 4.58. The van der Waals surface area contributed by atoms with Gasteiger partial charge in [0.05, 0.1) is 18.9 Å². The number of hydrogen-bond acceptors (Lipinski definition) is 11. The third-order valence-corrected chi connectivity index (χ3v) is 7.10. The molecule has 2 unspecified atom stereocenters. The van der Waals surface area contributed by atoms with Crippen LogP contribution in [-0.2, 0) is 39.8 Å². The second kappa shape index (κ2) is 15.8. The van der Waals surface area contributed by atoms with Crippen molar-refractivity contribution in [3.63, 3.8) is 0 Å². The molecule has 12 nitrogen and oxygen atoms in total. The van der Waals surface area contributed by atoms with Gasteiger partial charge in [-0.25, -0.2) is 9.78 Å². The minimum atomic E-state index is -1.46. The lowest BCUT2D eigenvalue weighted by Crippen LogP contribution is -2.47. The number of methoxy groups -OCH3 is 1. The van der Waals surface area contributed by atoms with Crippen molar-refractivity contribution in [2.75, 3.05) is 13.7 Å². The van der Waals surface area contributed by atoms with Gasteiger partial charge in [0.2, 0.25) is 5.75 Å². The summed E-state index contributed by atoms with van der Waals surface area (Å²) in [5.41, 5.74) is 0.459. The molecule has 3 rings (SSSR count). The van der Waals surface area contributed by atoms with E-state index in [2.05, 4.69) is 10.3 Å². The number of nitrogens with one attached hydrogen (secondary N) is 1. The molecule has 2 aromatic rings. The van der Waals surface area contributed by atoms with Crippen LogP contribution in [0.25, 0.3) is 0 Å². The van der Waals surface area contributed by atoms with E-state index in [1.165, 1.54) is 26.3 Å². The number of rotatable bonds is 11. The van der Waals surface area contributed by atoms with Crippen LogP contribution in [0.3, 0.4) is 0 Å². The first-order chi connectivity index (χ1) is 21.0. The van der Waals surface area contributed by atoms with E-state index in [9.17, 15) is 24.0 Å². The van der Waals surface area contributed by atoms with Crippen LogP contribution in [-0.4, -0.2) is 66.7 Å². The van der Waals surface area contributed by atoms with Crippen molar-refractivity contribution in [1.82, 2.24) is 10.3 Å². The first-order valence-electron chi connectivity index (χ1n) is 14.6. The van der Waals surface area contributed by atoms with Gasteiger partial charge in [-0.2, -0.15) is 0 Å². The zero-order chi connectivity index (χ0) is 32.4. The smallest absolute Gasteiger partial charge is 0.332 e. The molecule has 0 radical (unpaired) electrons. The minimum Gasteiger partial charge on any atom is -0.493 e. The van der Waals surface area contributed by atoms with Crippen molar-refractivity contribution in [3.05, 3.63) is 53.9 Å². The molecule has 2 heterocycles. The third kappa shape index (κ3) is 8.77. The maximum Gasteiger partial charge on any atom is 0.332 e. The molecule has 5 atom stereocenters. The van der Waals surface area contributed by atoms with Crippen molar-refractivity contribution in [1.29, 1.82) is 0 Å². The molecule has 1 aliphatic heterocycles. The Morgan fingerprint density at radius 3 is 2.39 bits per heavy atom. The van der Waals surface area contributed by atoms with Crippen LogP contribution in [0.2, 0.25) is 0 Å². The number of carbonyl (C=O) groups excluding carboxylic acids is 5. The van der Waals surface area contributed by atoms with Crippen LogP contribution in [0, 0.1) is 17.8 Å². The van der Waals surface area contributed by atoms with E-state index in [0.717, 1.165) is 12.0 Å². The second-order valence-electron chi connectivity index (χ2n) is 11.0. The van der Waals surface area contributed by atoms with E-state index in [0.29, 0.717) is 6.42 Å². The van der Waals surface area contributed by atoms with Gasteiger partial charge in [0.1, 0.15) is 18.6 Å². The first kappa shape index (κ1) is 34.0. The van der Waals surface area contributed by atoms with Crippen LogP contribution < -0.4 is 14.8 Å². The van der Waals surface area contributed by atoms with Gasteiger partial charge in [-0.05, 0) is 25.3 Å². The third-order valence-electron chi connectivity index (χ3n) is 7.10. The predicted molar refractivity (Wildman–Crippen MR) is 157 cm³/mol. The van der Waals surface area contributed by atoms with Crippen molar-refractivity contribution in [2.45, 2.75) is 72.1 Å². The standard InChI is InChI=1S/C32H40N2O10/c1-7-11-19(4)30(37)44-27-24(40-6)14-15-33-25(27)28(35)34-23-17-41-31(38)22(16-21-12-9-8-10-13-21)26(20(5)42-32(23)39)43-29(36)18(2)3/h8-10,12-15,18-20,22-23,26H,7,11,16-17H2,1-6H3,(H,34,35)/t19?,20-,22+,23-,26?/m0/s1. The molecule has 1 N–H and O–H groups in total. The number of esters is 4. The van der Waals surface area contributed by atoms with E-state index < -0.39 is 72.4 Å². The number of ether oxygens (including phenoxy) is 5. The molecule has 44 heavy (non-hydrogen) atoms. The summed E-state index contributed by atoms with van der Waals surface area (Å²) in [6.07, 6.45) is 0.514. The molecule has 1 aliphatic rings. The van der Waals surface area contributed by atoms with Crippen molar-refractivity contribution in [2.24, 2.45) is 17.8 Å². The number of amides is 1. The highest BCUT2D eigenvalue weighted by Gasteiger charge is 2.42. The van der Waals surface area contributed by atoms with Crippen molar-refractivity contribution in [3.8, 4) is 11.5 Å². The quantitative estimate of drug-likeness (QED) is 0.293. The van der Waals surface area contributed by atoms with Gasteiger partial charge in [0.25, 0.3) is 5.91 Å². The van der Waals surface area contributed by atoms with Gasteiger partial charge in [-0.3, -0.25) is 19.2 Å². The Kier molecular flexibility index (Phi) is 12.2. The van der Waals surface area contributed by atoms with E-state index in [-0.39, 0.29) is 23.6 Å². The Hall–Kier alpha value is -4.48. The maximum absolute atomic E-state index is 13.4. The summed E-state index contributed by atoms with van der Waals surface area (Å²) >= 11 is 0. The van der Waals surface area contributed by atoms with Gasteiger partial charge in [0, 0.05) is 12.3 Å². The van der Waals surface area contributed by atoms with Gasteiger partial charge >= 0.3 is 23.9 Å². The highest BCUT2D eigenvalue weighted by atomic mass is 16.6. The molecule has 0 bridgehead atoms. The molecule has 1 fully saturated rings. The summed E-state index contributed by atoms with van der Waals surface area (Å²) in [5, 5.41) is 2.47. The van der Waals surface area contributed by atoms with Crippen LogP contribution in [0.1, 0.15) is 63.5 Å². The minimum absolute atomic E-state index is 0.0813. The summed E-state index contributed by atoms with van der Waals surface area (Å²) < 4.78 is 27.6. The topological polar surface area (TPSA) is 156 Å². The van der Waals surface area contributed by atoms with E-state index in [4.69, 9.17) is 23.7 Å². The van der Waals surface area contributed by atoms with Gasteiger partial charge < -0.3 is 29.0 Å². The summed E-state index contributed by atoms with van der Waals surface area (Å²) in [6, 6.07) is 9.04. The Morgan fingerprint density at radius 1 is 1.05 bits per heavy atom. The van der Waals surface area contributed by atoms with Gasteiger partial charge in [-0.1, -0.05) is 64.4 Å². The number of nitrogens with zero attached hydrogens (tertiary/aromatic N) is 1. The number of aromatic nitrogens is 1. The fraction of sp³-hybridized carbons (Fsp3) is 0.500. The lowest BCUT2D eigenvalue weighted by molar-refractivity contribution is -0.176. The largest absolute Gasteiger partial charge is 0.493 e. The Morgan fingerprint density at radius 2 is 1.75 bits per heavy atom. The average Bonchev–Trinajstić information content (AvgIpc) is 3.03. The lowest BCUT2D eigenvalue weighted by Gasteiger charge is -2.29. The number of carbonyl (C=O) groups is 5. The fourth-order valence-electron chi connectivity index (χ4n) is 4.58. The SMILES string of the molecule is CCCC(C)C(=O)Oc1c(OC)ccnc1C(=O)N[C@H]1COC(=O)[C@H](Cc2ccccc2)C(OC(=O)C(C)C)[C@H](C)OC1=O. The zero-order valence-electron chi connectivity index (χ0n) is 25.9. The molecule has 238 valence electrons. The van der Waals surface area contributed by atoms with Gasteiger partial charge in [-0.15, -0.1) is 0 Å². The highest BCUT2D eigenvalue weighted by molar-refractivity contribution is 5.99. The molecule has 1 aromatic heterocycles. The first-order valence-corrected chi connectivity index (χ1v) is 14.6. The number of pyridine rings is 1. The Bertz CT molecular complexity index is 1330. The number of cyclic esters (lactones) is 2. The number of hydrogen-bond donors (Lipinski definition) is 1. The molecule has 1 amide bonds. The second-order valence-corrected chi connectivity index (χ2v) is 11.0. The van der Waals surface area contributed by atoms with Crippen molar-refractivity contribution < 1.29 is 47.7 Å². The zero-order valence-corrected chi connectivity index (χ0v) is 25.9. The summed E-state index contributed by atoms with van der Waals surface area (Å²) in [4.78, 5) is 69.5. The Balaban J connectivity index is 1.89. The van der Waals surface area contributed by atoms with Crippen LogP contribution in [0.15, 0.2) is 42.6 Å². The molecule has 1 saturated heterocycles. The number of benzene rings is 1. The summed E-state index contributed by atoms with van der Waals surface area (Å²) in [5.74, 6) is -5.82. The van der Waals surface area contributed by atoms with Gasteiger partial charge in [0.15, 0.2) is 23.6 Å². The Labute approximate surface area is 256 Å². The van der Waals surface area contributed by atoms with Crippen LogP contribution in [0.4, 0.5) is 0 Å². The van der Waals surface area contributed by atoms with E-state index in [1.807, 2.05) is 37.3 Å². The van der Waals surface area contributed by atoms with Crippen molar-refractivity contribution >= 4 is 29.8 Å². The van der Waals surface area contributed by atoms with Crippen LogP contribution in [0.5, 0.6) is 11.5 Å². The molecule has 0 saturated carbocycles. The summed E-state index contributed by atoms with van der Waals surface area (Å²) in [6.45, 7) is 7.86. The molecular weight excluding hydrogens is 572 g/mol. The van der Waals surface area contributed by atoms with Crippen LogP contribution >= 0.6 is 0 Å².